The molecule has 1 aliphatic rings. The summed E-state index contributed by atoms with van der Waals surface area (Å²) < 4.78 is 0. The number of hydrogen-bond donors (Lipinski definition) is 1. The van der Waals surface area contributed by atoms with Crippen LogP contribution in [0.1, 0.15) is 0 Å². The quantitative estimate of drug-likeness (QED) is 0.420. The van der Waals surface area contributed by atoms with Crippen molar-refractivity contribution in [2.24, 2.45) is 0 Å². The Labute approximate surface area is 57.6 Å². The van der Waals surface area contributed by atoms with Gasteiger partial charge in [-0.2, -0.15) is 0 Å². The van der Waals surface area contributed by atoms with Crippen LogP contribution in [-0.4, -0.2) is 16.1 Å². The van der Waals surface area contributed by atoms with Gasteiger partial charge in [0.15, 0.2) is 6.10 Å². The monoisotopic (exact) mass is 140 g/mol. The second kappa shape index (κ2) is 2.62. The maximum atomic E-state index is 10.1. The van der Waals surface area contributed by atoms with Crippen LogP contribution in [0.2, 0.25) is 0 Å². The third kappa shape index (κ3) is 1.22. The van der Waals surface area contributed by atoms with Crippen molar-refractivity contribution in [1.29, 1.82) is 0 Å². The standard InChI is InChI=1S/C6H6NO3/c8-6-4-2-1-3-5(6)7(9)10/h1-4,6,8H. The van der Waals surface area contributed by atoms with Crippen LogP contribution >= 0.6 is 0 Å². The molecule has 10 heavy (non-hydrogen) atoms. The molecule has 0 amide bonds. The van der Waals surface area contributed by atoms with Crippen LogP contribution in [0, 0.1) is 16.5 Å². The second-order valence-corrected chi connectivity index (χ2v) is 1.87. The molecule has 1 N–H and O–H groups in total. The molecule has 4 nitrogen and oxygen atoms in total. The minimum atomic E-state index is -1.06. The summed E-state index contributed by atoms with van der Waals surface area (Å²) in [5, 5.41) is 19.0. The lowest BCUT2D eigenvalue weighted by molar-refractivity contribution is -0.434. The lowest BCUT2D eigenvalue weighted by Gasteiger charge is -2.06. The van der Waals surface area contributed by atoms with Gasteiger partial charge in [0.1, 0.15) is 0 Å². The fourth-order valence-electron chi connectivity index (χ4n) is 0.690. The van der Waals surface area contributed by atoms with Gasteiger partial charge in [0.25, 0.3) is 5.70 Å². The van der Waals surface area contributed by atoms with E-state index < -0.39 is 11.0 Å². The highest BCUT2D eigenvalue weighted by Crippen LogP contribution is 2.11. The SMILES string of the molecule is O=[N+]([O-])C1=CC=C[CH]C1O. The third-order valence-corrected chi connectivity index (χ3v) is 1.19. The number of nitrogens with zero attached hydrogens (tertiary/aromatic N) is 1. The van der Waals surface area contributed by atoms with Gasteiger partial charge in [-0.25, -0.2) is 0 Å². The van der Waals surface area contributed by atoms with Crippen molar-refractivity contribution in [3.05, 3.63) is 40.5 Å². The molecule has 0 aliphatic heterocycles. The summed E-state index contributed by atoms with van der Waals surface area (Å²) in [7, 11) is 0. The maximum Gasteiger partial charge on any atom is 0.275 e. The predicted molar refractivity (Wildman–Crippen MR) is 34.5 cm³/mol. The number of nitro groups is 1. The van der Waals surface area contributed by atoms with E-state index in [0.717, 1.165) is 0 Å². The van der Waals surface area contributed by atoms with E-state index >= 15 is 0 Å². The van der Waals surface area contributed by atoms with Crippen LogP contribution < -0.4 is 0 Å². The largest absolute Gasteiger partial charge is 0.381 e. The molecule has 1 atom stereocenters. The highest BCUT2D eigenvalue weighted by Gasteiger charge is 2.22. The number of aliphatic hydroxyl groups is 1. The first-order valence-electron chi connectivity index (χ1n) is 2.76. The first kappa shape index (κ1) is 6.95. The molecule has 1 rings (SSSR count). The van der Waals surface area contributed by atoms with Gasteiger partial charge in [-0.15, -0.1) is 0 Å². The van der Waals surface area contributed by atoms with Crippen molar-refractivity contribution in [3.63, 3.8) is 0 Å². The Hall–Kier alpha value is -1.16. The summed E-state index contributed by atoms with van der Waals surface area (Å²) in [6.07, 6.45) is 4.67. The van der Waals surface area contributed by atoms with Crippen molar-refractivity contribution >= 4 is 0 Å². The Morgan fingerprint density at radius 2 is 2.30 bits per heavy atom. The van der Waals surface area contributed by atoms with Crippen LogP contribution in [-0.2, 0) is 0 Å². The van der Waals surface area contributed by atoms with Crippen LogP contribution in [0.25, 0.3) is 0 Å². The number of aliphatic hydroxyl groups excluding tert-OH is 1. The summed E-state index contributed by atoms with van der Waals surface area (Å²) in [5.74, 6) is 0. The molecule has 0 saturated heterocycles. The zero-order chi connectivity index (χ0) is 7.56. The van der Waals surface area contributed by atoms with Gasteiger partial charge in [-0.05, 0) is 0 Å². The molecule has 0 aromatic heterocycles. The number of allylic oxidation sites excluding steroid dienone is 2. The molecule has 0 aromatic rings. The number of rotatable bonds is 1. The molecule has 1 radical (unpaired) electrons. The summed E-state index contributed by atoms with van der Waals surface area (Å²) in [6.45, 7) is 0. The van der Waals surface area contributed by atoms with E-state index in [4.69, 9.17) is 5.11 Å². The molecule has 0 spiro atoms. The van der Waals surface area contributed by atoms with Crippen LogP contribution in [0.4, 0.5) is 0 Å². The van der Waals surface area contributed by atoms with E-state index in [-0.39, 0.29) is 5.70 Å². The zero-order valence-corrected chi connectivity index (χ0v) is 5.10. The predicted octanol–water partition coefficient (Wildman–Crippen LogP) is 0.282. The van der Waals surface area contributed by atoms with Crippen molar-refractivity contribution in [1.82, 2.24) is 0 Å². The zero-order valence-electron chi connectivity index (χ0n) is 5.10. The van der Waals surface area contributed by atoms with Gasteiger partial charge in [0, 0.05) is 12.5 Å². The Morgan fingerprint density at radius 1 is 1.60 bits per heavy atom. The molecule has 0 heterocycles. The van der Waals surface area contributed by atoms with E-state index in [2.05, 4.69) is 0 Å². The molecular formula is C6H6NO3. The smallest absolute Gasteiger partial charge is 0.275 e. The fraction of sp³-hybridized carbons (Fsp3) is 0.167. The van der Waals surface area contributed by atoms with E-state index in [1.807, 2.05) is 0 Å². The van der Waals surface area contributed by atoms with E-state index in [1.165, 1.54) is 18.6 Å². The van der Waals surface area contributed by atoms with Gasteiger partial charge in [-0.3, -0.25) is 10.1 Å². The molecule has 1 aliphatic carbocycles. The Morgan fingerprint density at radius 3 is 2.70 bits per heavy atom. The summed E-state index contributed by atoms with van der Waals surface area (Å²) in [5.41, 5.74) is -0.178. The molecule has 53 valence electrons. The molecule has 0 bridgehead atoms. The fourth-order valence-corrected chi connectivity index (χ4v) is 0.690. The molecule has 4 heteroatoms. The molecule has 0 saturated carbocycles. The second-order valence-electron chi connectivity index (χ2n) is 1.87. The lowest BCUT2D eigenvalue weighted by Crippen LogP contribution is -2.18. The normalized spacial score (nSPS) is 24.1. The summed E-state index contributed by atoms with van der Waals surface area (Å²) in [6, 6.07) is 0. The van der Waals surface area contributed by atoms with Crippen molar-refractivity contribution in [2.45, 2.75) is 6.10 Å². The maximum absolute atomic E-state index is 10.1. The van der Waals surface area contributed by atoms with Gasteiger partial charge in [0.05, 0.1) is 4.92 Å². The first-order chi connectivity index (χ1) is 4.72. The highest BCUT2D eigenvalue weighted by molar-refractivity contribution is 5.23. The molecule has 0 fully saturated rings. The van der Waals surface area contributed by atoms with Crippen LogP contribution in [0.15, 0.2) is 23.9 Å². The average molecular weight is 140 g/mol. The Balaban J connectivity index is 2.80. The minimum Gasteiger partial charge on any atom is -0.381 e. The lowest BCUT2D eigenvalue weighted by atomic mass is 10.1. The minimum absolute atomic E-state index is 0.178. The van der Waals surface area contributed by atoms with Crippen molar-refractivity contribution in [3.8, 4) is 0 Å². The van der Waals surface area contributed by atoms with E-state index in [1.54, 1.807) is 6.08 Å². The van der Waals surface area contributed by atoms with Gasteiger partial charge < -0.3 is 5.11 Å². The van der Waals surface area contributed by atoms with Crippen LogP contribution in [0.3, 0.4) is 0 Å². The van der Waals surface area contributed by atoms with E-state index in [9.17, 15) is 10.1 Å². The van der Waals surface area contributed by atoms with E-state index in [0.29, 0.717) is 0 Å². The molecule has 1 unspecified atom stereocenters. The van der Waals surface area contributed by atoms with Crippen molar-refractivity contribution < 1.29 is 10.0 Å². The number of hydrogen-bond acceptors (Lipinski definition) is 3. The topological polar surface area (TPSA) is 63.4 Å². The molecular weight excluding hydrogens is 134 g/mol. The van der Waals surface area contributed by atoms with Gasteiger partial charge in [0.2, 0.25) is 0 Å². The Bertz CT molecular complexity index is 207. The summed E-state index contributed by atoms with van der Waals surface area (Å²) in [4.78, 5) is 9.50. The highest BCUT2D eigenvalue weighted by atomic mass is 16.6. The Kier molecular flexibility index (Phi) is 1.82. The van der Waals surface area contributed by atoms with Crippen molar-refractivity contribution in [2.75, 3.05) is 0 Å². The van der Waals surface area contributed by atoms with Gasteiger partial charge in [-0.1, -0.05) is 12.2 Å². The van der Waals surface area contributed by atoms with Crippen LogP contribution in [0.5, 0.6) is 0 Å². The van der Waals surface area contributed by atoms with Gasteiger partial charge >= 0.3 is 0 Å². The summed E-state index contributed by atoms with van der Waals surface area (Å²) >= 11 is 0. The first-order valence-corrected chi connectivity index (χ1v) is 2.76. The average Bonchev–Trinajstić information content (AvgIpc) is 1.88. The third-order valence-electron chi connectivity index (χ3n) is 1.19. The molecule has 0 aromatic carbocycles.